The Hall–Kier alpha value is -1.92. The van der Waals surface area contributed by atoms with E-state index in [2.05, 4.69) is 15.2 Å². The van der Waals surface area contributed by atoms with Crippen molar-refractivity contribution in [2.75, 3.05) is 19.6 Å². The summed E-state index contributed by atoms with van der Waals surface area (Å²) in [6.07, 6.45) is 2.95. The second kappa shape index (κ2) is 7.32. The molecule has 1 saturated heterocycles. The number of rotatable bonds is 4. The molecule has 24 heavy (non-hydrogen) atoms. The maximum absolute atomic E-state index is 13.6. The molecule has 1 aliphatic heterocycles. The molecule has 0 spiro atoms. The topological polar surface area (TPSA) is 65.5 Å². The van der Waals surface area contributed by atoms with Crippen molar-refractivity contribution in [3.63, 3.8) is 0 Å². The van der Waals surface area contributed by atoms with E-state index in [1.807, 2.05) is 0 Å². The Morgan fingerprint density at radius 3 is 2.88 bits per heavy atom. The molecule has 1 aliphatic rings. The maximum Gasteiger partial charge on any atom is 0.404 e. The van der Waals surface area contributed by atoms with Crippen LogP contribution >= 0.6 is 11.6 Å². The Kier molecular flexibility index (Phi) is 5.16. The highest BCUT2D eigenvalue weighted by atomic mass is 35.5. The van der Waals surface area contributed by atoms with E-state index >= 15 is 0 Å². The number of halogens is 2. The van der Waals surface area contributed by atoms with E-state index in [0.717, 1.165) is 48.9 Å². The van der Waals surface area contributed by atoms with Gasteiger partial charge in [0.2, 0.25) is 0 Å². The van der Waals surface area contributed by atoms with Crippen molar-refractivity contribution < 1.29 is 14.3 Å². The monoisotopic (exact) mass is 351 g/mol. The van der Waals surface area contributed by atoms with E-state index in [4.69, 9.17) is 16.7 Å². The number of aromatic nitrogens is 1. The number of benzene rings is 1. The highest BCUT2D eigenvalue weighted by Crippen LogP contribution is 2.26. The van der Waals surface area contributed by atoms with Crippen molar-refractivity contribution in [2.45, 2.75) is 25.3 Å². The molecule has 0 radical (unpaired) electrons. The molecular formula is C17H19ClFN3O2. The van der Waals surface area contributed by atoms with Gasteiger partial charge in [0.25, 0.3) is 0 Å². The zero-order valence-electron chi connectivity index (χ0n) is 13.1. The predicted octanol–water partition coefficient (Wildman–Crippen LogP) is 3.30. The van der Waals surface area contributed by atoms with E-state index in [1.165, 1.54) is 12.1 Å². The molecule has 2 heterocycles. The van der Waals surface area contributed by atoms with Crippen molar-refractivity contribution in [1.82, 2.24) is 15.2 Å². The summed E-state index contributed by atoms with van der Waals surface area (Å²) in [6, 6.07) is 4.56. The van der Waals surface area contributed by atoms with Crippen LogP contribution in [0, 0.1) is 5.82 Å². The Labute approximate surface area is 144 Å². The minimum atomic E-state index is -0.967. The molecule has 7 heteroatoms. The molecule has 0 atom stereocenters. The molecule has 1 amide bonds. The van der Waals surface area contributed by atoms with Crippen LogP contribution < -0.4 is 5.32 Å². The average Bonchev–Trinajstić information content (AvgIpc) is 2.55. The molecule has 1 aromatic carbocycles. The molecule has 2 aromatic rings. The minimum Gasteiger partial charge on any atom is -0.465 e. The zero-order chi connectivity index (χ0) is 17.1. The zero-order valence-corrected chi connectivity index (χ0v) is 13.9. The van der Waals surface area contributed by atoms with E-state index < -0.39 is 6.09 Å². The van der Waals surface area contributed by atoms with Gasteiger partial charge in [0.05, 0.1) is 10.5 Å². The highest BCUT2D eigenvalue weighted by Gasteiger charge is 2.20. The second-order valence-electron chi connectivity index (χ2n) is 6.06. The van der Waals surface area contributed by atoms with Crippen molar-refractivity contribution in [3.8, 4) is 0 Å². The van der Waals surface area contributed by atoms with Gasteiger partial charge in [-0.15, -0.1) is 0 Å². The van der Waals surface area contributed by atoms with Gasteiger partial charge in [-0.05, 0) is 43.0 Å². The molecule has 0 aliphatic carbocycles. The molecular weight excluding hydrogens is 333 g/mol. The molecule has 128 valence electrons. The third kappa shape index (κ3) is 3.94. The number of pyridine rings is 1. The van der Waals surface area contributed by atoms with Crippen molar-refractivity contribution in [2.24, 2.45) is 0 Å². The molecule has 0 unspecified atom stereocenters. The number of fused-ring (bicyclic) bond motifs is 1. The molecule has 0 bridgehead atoms. The second-order valence-corrected chi connectivity index (χ2v) is 6.47. The van der Waals surface area contributed by atoms with Gasteiger partial charge in [0, 0.05) is 37.3 Å². The molecule has 1 aromatic heterocycles. The molecule has 2 N–H and O–H groups in total. The number of nitrogens with zero attached hydrogens (tertiary/aromatic N) is 2. The quantitative estimate of drug-likeness (QED) is 0.887. The largest absolute Gasteiger partial charge is 0.465 e. The normalized spacial score (nSPS) is 16.4. The molecule has 1 fully saturated rings. The van der Waals surface area contributed by atoms with Crippen LogP contribution in [0.15, 0.2) is 24.4 Å². The van der Waals surface area contributed by atoms with Gasteiger partial charge in [0.15, 0.2) is 0 Å². The maximum atomic E-state index is 13.6. The summed E-state index contributed by atoms with van der Waals surface area (Å²) in [5.41, 5.74) is 1.65. The number of hydrogen-bond donors (Lipinski definition) is 2. The van der Waals surface area contributed by atoms with Crippen molar-refractivity contribution in [3.05, 3.63) is 40.8 Å². The summed E-state index contributed by atoms with van der Waals surface area (Å²) >= 11 is 6.27. The van der Waals surface area contributed by atoms with Crippen LogP contribution in [0.25, 0.3) is 10.9 Å². The predicted molar refractivity (Wildman–Crippen MR) is 91.0 cm³/mol. The van der Waals surface area contributed by atoms with Gasteiger partial charge in [-0.25, -0.2) is 9.18 Å². The van der Waals surface area contributed by atoms with Crippen LogP contribution in [0.1, 0.15) is 18.4 Å². The lowest BCUT2D eigenvalue weighted by Crippen LogP contribution is -2.44. The Morgan fingerprint density at radius 1 is 1.42 bits per heavy atom. The molecule has 5 nitrogen and oxygen atoms in total. The SMILES string of the molecule is O=C(O)NC1CCN(CCc2c(Cl)cnc3ccc(F)cc23)CC1. The number of piperidine rings is 1. The summed E-state index contributed by atoms with van der Waals surface area (Å²) in [7, 11) is 0. The third-order valence-electron chi connectivity index (χ3n) is 4.48. The van der Waals surface area contributed by atoms with E-state index in [9.17, 15) is 9.18 Å². The Morgan fingerprint density at radius 2 is 2.17 bits per heavy atom. The number of hydrogen-bond acceptors (Lipinski definition) is 3. The summed E-state index contributed by atoms with van der Waals surface area (Å²) in [4.78, 5) is 17.2. The van der Waals surface area contributed by atoms with Crippen molar-refractivity contribution >= 4 is 28.6 Å². The fraction of sp³-hybridized carbons (Fsp3) is 0.412. The lowest BCUT2D eigenvalue weighted by atomic mass is 10.0. The van der Waals surface area contributed by atoms with Crippen LogP contribution in [0.5, 0.6) is 0 Å². The first-order valence-corrected chi connectivity index (χ1v) is 8.35. The summed E-state index contributed by atoms with van der Waals surface area (Å²) in [6.45, 7) is 2.47. The van der Waals surface area contributed by atoms with E-state index in [1.54, 1.807) is 12.3 Å². The van der Waals surface area contributed by atoms with Crippen LogP contribution in [0.4, 0.5) is 9.18 Å². The number of nitrogens with one attached hydrogen (secondary N) is 1. The first-order valence-electron chi connectivity index (χ1n) is 7.97. The first kappa shape index (κ1) is 16.9. The van der Waals surface area contributed by atoms with Gasteiger partial charge < -0.3 is 15.3 Å². The van der Waals surface area contributed by atoms with Crippen LogP contribution in [0.3, 0.4) is 0 Å². The van der Waals surface area contributed by atoms with Crippen molar-refractivity contribution in [1.29, 1.82) is 0 Å². The van der Waals surface area contributed by atoms with Crippen LogP contribution in [0.2, 0.25) is 5.02 Å². The molecule has 3 rings (SSSR count). The highest BCUT2D eigenvalue weighted by molar-refractivity contribution is 6.32. The Balaban J connectivity index is 1.65. The fourth-order valence-electron chi connectivity index (χ4n) is 3.19. The summed E-state index contributed by atoms with van der Waals surface area (Å²) < 4.78 is 13.6. The summed E-state index contributed by atoms with van der Waals surface area (Å²) in [5.74, 6) is -0.298. The van der Waals surface area contributed by atoms with Gasteiger partial charge in [-0.3, -0.25) is 4.98 Å². The number of amides is 1. The number of carboxylic acid groups (broad SMARTS) is 1. The van der Waals surface area contributed by atoms with Gasteiger partial charge in [-0.2, -0.15) is 0 Å². The molecule has 0 saturated carbocycles. The fourth-order valence-corrected chi connectivity index (χ4v) is 3.44. The minimum absolute atomic E-state index is 0.0261. The van der Waals surface area contributed by atoms with Gasteiger partial charge in [-0.1, -0.05) is 11.6 Å². The lowest BCUT2D eigenvalue weighted by molar-refractivity contribution is 0.169. The summed E-state index contributed by atoms with van der Waals surface area (Å²) in [5, 5.41) is 12.6. The van der Waals surface area contributed by atoms with E-state index in [-0.39, 0.29) is 11.9 Å². The van der Waals surface area contributed by atoms with Crippen LogP contribution in [-0.4, -0.2) is 46.8 Å². The lowest BCUT2D eigenvalue weighted by Gasteiger charge is -2.31. The third-order valence-corrected chi connectivity index (χ3v) is 4.81. The number of carbonyl (C=O) groups is 1. The number of likely N-dealkylation sites (tertiary alicyclic amines) is 1. The van der Waals surface area contributed by atoms with Gasteiger partial charge in [0.1, 0.15) is 5.82 Å². The standard InChI is InChI=1S/C17H19ClFN3O2/c18-15-10-20-16-2-1-11(19)9-14(16)13(15)5-8-22-6-3-12(4-7-22)21-17(23)24/h1-2,9-10,12,21H,3-8H2,(H,23,24). The van der Waals surface area contributed by atoms with E-state index in [0.29, 0.717) is 11.4 Å². The van der Waals surface area contributed by atoms with Crippen LogP contribution in [-0.2, 0) is 6.42 Å². The first-order chi connectivity index (χ1) is 11.5. The smallest absolute Gasteiger partial charge is 0.404 e. The average molecular weight is 352 g/mol. The van der Waals surface area contributed by atoms with Gasteiger partial charge >= 0.3 is 6.09 Å². The Bertz CT molecular complexity index is 743.